The Labute approximate surface area is 156 Å². The lowest BCUT2D eigenvalue weighted by Gasteiger charge is -2.18. The van der Waals surface area contributed by atoms with E-state index in [-0.39, 0.29) is 18.4 Å². The molecule has 1 aliphatic heterocycles. The number of hydrogen-bond acceptors (Lipinski definition) is 3. The number of H-pyrrole nitrogens is 1. The molecule has 6 nitrogen and oxygen atoms in total. The van der Waals surface area contributed by atoms with Crippen LogP contribution < -0.4 is 15.4 Å². The topological polar surface area (TPSA) is 83.2 Å². The third-order valence-electron chi connectivity index (χ3n) is 4.71. The van der Waals surface area contributed by atoms with Crippen molar-refractivity contribution in [3.8, 4) is 5.75 Å². The highest BCUT2D eigenvalue weighted by Gasteiger charge is 2.16. The molecule has 0 fully saturated rings. The lowest BCUT2D eigenvalue weighted by molar-refractivity contribution is -0.121. The molecule has 0 saturated heterocycles. The summed E-state index contributed by atoms with van der Waals surface area (Å²) in [5.74, 6) is 0.532. The number of anilines is 1. The largest absolute Gasteiger partial charge is 0.482 e. The van der Waals surface area contributed by atoms with E-state index >= 15 is 0 Å². The van der Waals surface area contributed by atoms with E-state index in [1.54, 1.807) is 0 Å². The SMILES string of the molecule is O=C(CCc1ccc2c(c1)NC(=O)CO2)NCCc1c[nH]c2ccccc12. The Morgan fingerprint density at radius 3 is 2.96 bits per heavy atom. The van der Waals surface area contributed by atoms with E-state index in [9.17, 15) is 9.59 Å². The van der Waals surface area contributed by atoms with Gasteiger partial charge in [-0.2, -0.15) is 0 Å². The number of nitrogens with one attached hydrogen (secondary N) is 3. The molecule has 0 saturated carbocycles. The zero-order valence-corrected chi connectivity index (χ0v) is 14.9. The van der Waals surface area contributed by atoms with Crippen LogP contribution in [0.3, 0.4) is 0 Å². The maximum absolute atomic E-state index is 12.1. The van der Waals surface area contributed by atoms with Crippen LogP contribution in [-0.4, -0.2) is 29.9 Å². The Hall–Kier alpha value is -3.28. The van der Waals surface area contributed by atoms with Gasteiger partial charge in [-0.25, -0.2) is 0 Å². The van der Waals surface area contributed by atoms with Crippen LogP contribution in [0.5, 0.6) is 5.75 Å². The van der Waals surface area contributed by atoms with Gasteiger partial charge in [-0.15, -0.1) is 0 Å². The summed E-state index contributed by atoms with van der Waals surface area (Å²) in [6, 6.07) is 13.8. The number of carbonyl (C=O) groups excluding carboxylic acids is 2. The standard InChI is InChI=1S/C21H21N3O3/c25-20(22-10-9-15-12-23-17-4-2-1-3-16(15)17)8-6-14-5-7-19-18(11-14)24-21(26)13-27-19/h1-5,7,11-12,23H,6,8-10,13H2,(H,22,25)(H,24,26). The molecule has 0 aliphatic carbocycles. The van der Waals surface area contributed by atoms with Crippen molar-refractivity contribution in [1.29, 1.82) is 0 Å². The third kappa shape index (κ3) is 3.95. The highest BCUT2D eigenvalue weighted by molar-refractivity contribution is 5.95. The predicted molar refractivity (Wildman–Crippen MR) is 104 cm³/mol. The Morgan fingerprint density at radius 2 is 2.04 bits per heavy atom. The van der Waals surface area contributed by atoms with Gasteiger partial charge in [0.05, 0.1) is 5.69 Å². The van der Waals surface area contributed by atoms with E-state index < -0.39 is 0 Å². The molecule has 2 amide bonds. The fourth-order valence-electron chi connectivity index (χ4n) is 3.31. The Bertz CT molecular complexity index is 993. The van der Waals surface area contributed by atoms with Crippen molar-refractivity contribution in [1.82, 2.24) is 10.3 Å². The molecule has 138 valence electrons. The highest BCUT2D eigenvalue weighted by Crippen LogP contribution is 2.28. The van der Waals surface area contributed by atoms with E-state index in [1.807, 2.05) is 42.6 Å². The minimum absolute atomic E-state index is 0.0212. The number of fused-ring (bicyclic) bond motifs is 2. The van der Waals surface area contributed by atoms with Gasteiger partial charge in [-0.05, 0) is 42.2 Å². The second-order valence-electron chi connectivity index (χ2n) is 6.63. The first-order valence-corrected chi connectivity index (χ1v) is 9.06. The number of carbonyl (C=O) groups is 2. The zero-order chi connectivity index (χ0) is 18.6. The van der Waals surface area contributed by atoms with Crippen molar-refractivity contribution >= 4 is 28.4 Å². The Morgan fingerprint density at radius 1 is 1.15 bits per heavy atom. The van der Waals surface area contributed by atoms with Crippen LogP contribution in [0.15, 0.2) is 48.7 Å². The van der Waals surface area contributed by atoms with Crippen molar-refractivity contribution in [2.24, 2.45) is 0 Å². The second-order valence-corrected chi connectivity index (χ2v) is 6.63. The lowest BCUT2D eigenvalue weighted by Crippen LogP contribution is -2.26. The van der Waals surface area contributed by atoms with Crippen molar-refractivity contribution in [2.45, 2.75) is 19.3 Å². The molecule has 3 N–H and O–H groups in total. The number of para-hydroxylation sites is 1. The van der Waals surface area contributed by atoms with E-state index in [2.05, 4.69) is 21.7 Å². The summed E-state index contributed by atoms with van der Waals surface area (Å²) in [4.78, 5) is 26.8. The molecule has 0 unspecified atom stereocenters. The predicted octanol–water partition coefficient (Wildman–Crippen LogP) is 2.79. The lowest BCUT2D eigenvalue weighted by atomic mass is 10.1. The summed E-state index contributed by atoms with van der Waals surface area (Å²) in [7, 11) is 0. The number of amides is 2. The number of aryl methyl sites for hydroxylation is 1. The minimum Gasteiger partial charge on any atom is -0.482 e. The van der Waals surface area contributed by atoms with E-state index in [0.29, 0.717) is 30.8 Å². The molecule has 0 atom stereocenters. The molecule has 3 aromatic rings. The van der Waals surface area contributed by atoms with E-state index in [1.165, 1.54) is 10.9 Å². The van der Waals surface area contributed by atoms with Gasteiger partial charge in [0.25, 0.3) is 5.91 Å². The van der Waals surface area contributed by atoms with Gasteiger partial charge in [0.15, 0.2) is 6.61 Å². The fraction of sp³-hybridized carbons (Fsp3) is 0.238. The van der Waals surface area contributed by atoms with Crippen molar-refractivity contribution in [3.05, 3.63) is 59.8 Å². The highest BCUT2D eigenvalue weighted by atomic mass is 16.5. The van der Waals surface area contributed by atoms with E-state index in [4.69, 9.17) is 4.74 Å². The number of ether oxygens (including phenoxy) is 1. The number of rotatable bonds is 6. The summed E-state index contributed by atoms with van der Waals surface area (Å²) >= 11 is 0. The second kappa shape index (κ2) is 7.53. The van der Waals surface area contributed by atoms with Gasteiger partial charge in [0.2, 0.25) is 5.91 Å². The summed E-state index contributed by atoms with van der Waals surface area (Å²) in [6.45, 7) is 0.653. The molecule has 27 heavy (non-hydrogen) atoms. The number of aromatic nitrogens is 1. The van der Waals surface area contributed by atoms with Crippen LogP contribution in [-0.2, 0) is 22.4 Å². The first kappa shape index (κ1) is 17.1. The van der Waals surface area contributed by atoms with Crippen molar-refractivity contribution in [3.63, 3.8) is 0 Å². The van der Waals surface area contributed by atoms with Crippen LogP contribution in [0.2, 0.25) is 0 Å². The minimum atomic E-state index is -0.158. The van der Waals surface area contributed by atoms with Crippen LogP contribution in [0, 0.1) is 0 Å². The van der Waals surface area contributed by atoms with Crippen molar-refractivity contribution < 1.29 is 14.3 Å². The zero-order valence-electron chi connectivity index (χ0n) is 14.9. The molecule has 0 spiro atoms. The quantitative estimate of drug-likeness (QED) is 0.630. The summed E-state index contributed by atoms with van der Waals surface area (Å²) in [5.41, 5.74) is 3.98. The van der Waals surface area contributed by atoms with Crippen LogP contribution in [0.1, 0.15) is 17.5 Å². The Balaban J connectivity index is 1.26. The smallest absolute Gasteiger partial charge is 0.262 e. The van der Waals surface area contributed by atoms with Gasteiger partial charge < -0.3 is 20.4 Å². The third-order valence-corrected chi connectivity index (χ3v) is 4.71. The molecule has 4 rings (SSSR count). The van der Waals surface area contributed by atoms with E-state index in [0.717, 1.165) is 17.5 Å². The molecular formula is C21H21N3O3. The molecule has 0 radical (unpaired) electrons. The Kier molecular flexibility index (Phi) is 4.78. The average Bonchev–Trinajstić information content (AvgIpc) is 3.09. The van der Waals surface area contributed by atoms with Gasteiger partial charge in [-0.3, -0.25) is 9.59 Å². The van der Waals surface area contributed by atoms with Crippen LogP contribution in [0.4, 0.5) is 5.69 Å². The molecular weight excluding hydrogens is 342 g/mol. The van der Waals surface area contributed by atoms with Crippen molar-refractivity contribution in [2.75, 3.05) is 18.5 Å². The molecule has 2 aromatic carbocycles. The molecule has 1 aromatic heterocycles. The average molecular weight is 363 g/mol. The van der Waals surface area contributed by atoms with Crippen LogP contribution >= 0.6 is 0 Å². The van der Waals surface area contributed by atoms with Gasteiger partial charge in [-0.1, -0.05) is 24.3 Å². The maximum Gasteiger partial charge on any atom is 0.262 e. The first-order chi connectivity index (χ1) is 13.2. The van der Waals surface area contributed by atoms with Gasteiger partial charge in [0.1, 0.15) is 5.75 Å². The number of aromatic amines is 1. The number of benzene rings is 2. The molecule has 1 aliphatic rings. The summed E-state index contributed by atoms with van der Waals surface area (Å²) in [5, 5.41) is 6.96. The molecule has 6 heteroatoms. The number of hydrogen-bond donors (Lipinski definition) is 3. The van der Waals surface area contributed by atoms with Gasteiger partial charge >= 0.3 is 0 Å². The van der Waals surface area contributed by atoms with Gasteiger partial charge in [0, 0.05) is 30.1 Å². The first-order valence-electron chi connectivity index (χ1n) is 9.06. The molecule has 0 bridgehead atoms. The molecule has 2 heterocycles. The monoisotopic (exact) mass is 363 g/mol. The maximum atomic E-state index is 12.1. The normalized spacial score (nSPS) is 13.0. The fourth-order valence-corrected chi connectivity index (χ4v) is 3.31. The van der Waals surface area contributed by atoms with Crippen LogP contribution in [0.25, 0.3) is 10.9 Å². The summed E-state index contributed by atoms with van der Waals surface area (Å²) in [6.07, 6.45) is 3.81. The summed E-state index contributed by atoms with van der Waals surface area (Å²) < 4.78 is 5.34.